The molecular formula is C57H62O12. The Bertz CT molecular complexity index is 2590. The normalized spacial score (nSPS) is 28.7. The predicted molar refractivity (Wildman–Crippen MR) is 257 cm³/mol. The van der Waals surface area contributed by atoms with E-state index in [4.69, 9.17) is 54.8 Å². The summed E-state index contributed by atoms with van der Waals surface area (Å²) in [5.74, 6) is -0.713. The number of methoxy groups -OCH3 is 1. The van der Waals surface area contributed by atoms with Crippen molar-refractivity contribution in [2.75, 3.05) is 20.3 Å². The third kappa shape index (κ3) is 14.7. The largest absolute Gasteiger partial charge is 0.457 e. The Hall–Kier alpha value is -5.61. The van der Waals surface area contributed by atoms with Crippen LogP contribution in [-0.2, 0) is 96.4 Å². The van der Waals surface area contributed by atoms with E-state index >= 15 is 0 Å². The Morgan fingerprint density at radius 1 is 0.406 bits per heavy atom. The van der Waals surface area contributed by atoms with Crippen LogP contribution in [0, 0.1) is 0 Å². The summed E-state index contributed by atoms with van der Waals surface area (Å²) in [6.45, 7) is -7.46. The van der Waals surface area contributed by atoms with E-state index in [1.807, 2.05) is 24.3 Å². The van der Waals surface area contributed by atoms with Gasteiger partial charge in [0.15, 0.2) is 18.7 Å². The molecule has 6 aromatic rings. The van der Waals surface area contributed by atoms with Gasteiger partial charge in [-0.15, -0.1) is 0 Å². The Labute approximate surface area is 413 Å². The van der Waals surface area contributed by atoms with Crippen molar-refractivity contribution in [3.05, 3.63) is 215 Å². The van der Waals surface area contributed by atoms with Crippen LogP contribution in [0.15, 0.2) is 182 Å². The minimum absolute atomic E-state index is 0.339. The van der Waals surface area contributed by atoms with Crippen LogP contribution < -0.4 is 0 Å². The standard InChI is InChI=1S/C57H62O12/c1-41(58)67-51-48(39-60-33-42-21-9-3-10-22-42)69-57(55(65-38-47-31-19-8-20-32-47)53(51)63-36-45-27-15-6-16-28-45)66-40-49-50(61-34-43-23-11-4-12-24-43)52(62-35-44-25-13-5-14-26-44)54(56(59-2)68-49)64-37-46-29-17-7-18-30-46/h3-32,48-57H,33-40H2,1-2H3/t48-,49-,50-,51+,52+,53+,54-,55-,56?,57?/m1/s1/i33D,34D,35D,36D,37D,38D/t33?,34?,35?,36?,37?,38?,48-,49-,50-,51+,52+,53+,54-,55-,56?,57?. The first-order valence-corrected chi connectivity index (χ1v) is 22.8. The van der Waals surface area contributed by atoms with E-state index in [0.29, 0.717) is 33.4 Å². The first-order chi connectivity index (χ1) is 36.5. The zero-order valence-electron chi connectivity index (χ0n) is 44.4. The summed E-state index contributed by atoms with van der Waals surface area (Å²) in [5, 5.41) is 0. The maximum absolute atomic E-state index is 13.1. The number of hydrogen-bond acceptors (Lipinski definition) is 12. The lowest BCUT2D eigenvalue weighted by Crippen LogP contribution is -2.64. The molecule has 0 bridgehead atoms. The van der Waals surface area contributed by atoms with E-state index in [9.17, 15) is 10.3 Å². The Balaban J connectivity index is 1.19. The molecule has 0 amide bonds. The van der Waals surface area contributed by atoms with E-state index < -0.39 is 113 Å². The molecule has 0 aromatic heterocycles. The van der Waals surface area contributed by atoms with Crippen LogP contribution in [0.25, 0.3) is 0 Å². The summed E-state index contributed by atoms with van der Waals surface area (Å²) in [5.41, 5.74) is 3.00. The predicted octanol–water partition coefficient (Wildman–Crippen LogP) is 9.17. The number of ether oxygens (including phenoxy) is 11. The second-order valence-corrected chi connectivity index (χ2v) is 16.2. The molecule has 16 atom stereocenters. The van der Waals surface area contributed by atoms with Gasteiger partial charge in [-0.25, -0.2) is 0 Å². The highest BCUT2D eigenvalue weighted by Crippen LogP contribution is 2.35. The first-order valence-electron chi connectivity index (χ1n) is 26.3. The highest BCUT2D eigenvalue weighted by molar-refractivity contribution is 5.66. The number of esters is 1. The van der Waals surface area contributed by atoms with Gasteiger partial charge in [0.25, 0.3) is 0 Å². The molecule has 0 aliphatic carbocycles. The van der Waals surface area contributed by atoms with E-state index in [-0.39, 0.29) is 6.61 Å². The number of benzene rings is 6. The number of hydrogen-bond donors (Lipinski definition) is 0. The highest BCUT2D eigenvalue weighted by Gasteiger charge is 2.53. The minimum Gasteiger partial charge on any atom is -0.457 e. The maximum Gasteiger partial charge on any atom is 0.303 e. The molecule has 0 N–H and O–H groups in total. The molecule has 0 saturated carbocycles. The Kier molecular flexibility index (Phi) is 16.2. The van der Waals surface area contributed by atoms with Gasteiger partial charge in [-0.05, 0) is 33.4 Å². The zero-order valence-corrected chi connectivity index (χ0v) is 38.4. The van der Waals surface area contributed by atoms with E-state index in [0.717, 1.165) is 0 Å². The van der Waals surface area contributed by atoms with Crippen LogP contribution in [0.1, 0.15) is 48.5 Å². The van der Waals surface area contributed by atoms with Crippen LogP contribution in [0.5, 0.6) is 0 Å². The number of carbonyl (C=O) groups excluding carboxylic acids is 1. The van der Waals surface area contributed by atoms with Gasteiger partial charge < -0.3 is 52.1 Å². The molecule has 69 heavy (non-hydrogen) atoms. The minimum atomic E-state index is -1.51. The Morgan fingerprint density at radius 2 is 0.725 bits per heavy atom. The number of rotatable bonds is 24. The maximum atomic E-state index is 13.1. The second kappa shape index (κ2) is 26.4. The molecule has 0 radical (unpaired) electrons. The molecule has 8 rings (SSSR count). The van der Waals surface area contributed by atoms with Crippen LogP contribution >= 0.6 is 0 Å². The second-order valence-electron chi connectivity index (χ2n) is 16.2. The molecule has 362 valence electrons. The van der Waals surface area contributed by atoms with Crippen LogP contribution in [0.2, 0.25) is 0 Å². The van der Waals surface area contributed by atoms with Crippen LogP contribution in [0.3, 0.4) is 0 Å². The zero-order chi connectivity index (χ0) is 52.7. The van der Waals surface area contributed by atoms with Crippen molar-refractivity contribution < 1.29 is 65.1 Å². The van der Waals surface area contributed by atoms with E-state index in [2.05, 4.69) is 0 Å². The summed E-state index contributed by atoms with van der Waals surface area (Å²) in [4.78, 5) is 13.1. The quantitative estimate of drug-likeness (QED) is 0.0539. The molecule has 2 saturated heterocycles. The molecule has 8 unspecified atom stereocenters. The third-order valence-corrected chi connectivity index (χ3v) is 11.2. The summed E-state index contributed by atoms with van der Waals surface area (Å²) in [6, 6.07) is 52.9. The Morgan fingerprint density at radius 3 is 1.12 bits per heavy atom. The van der Waals surface area contributed by atoms with Gasteiger partial charge in [-0.3, -0.25) is 4.79 Å². The molecule has 12 nitrogen and oxygen atoms in total. The summed E-state index contributed by atoms with van der Waals surface area (Å²) >= 11 is 0. The first kappa shape index (κ1) is 42.3. The smallest absolute Gasteiger partial charge is 0.303 e. The molecule has 2 aliphatic rings. The average molecular weight is 945 g/mol. The topological polar surface area (TPSA) is 119 Å². The fourth-order valence-corrected chi connectivity index (χ4v) is 7.85. The van der Waals surface area contributed by atoms with Gasteiger partial charge in [0.2, 0.25) is 0 Å². The molecule has 12 heteroatoms. The van der Waals surface area contributed by atoms with Crippen molar-refractivity contribution in [1.82, 2.24) is 0 Å². The van der Waals surface area contributed by atoms with Crippen molar-refractivity contribution in [2.45, 2.75) is 108 Å². The van der Waals surface area contributed by atoms with E-state index in [1.165, 1.54) is 14.0 Å². The van der Waals surface area contributed by atoms with Gasteiger partial charge in [0.1, 0.15) is 42.7 Å². The third-order valence-electron chi connectivity index (χ3n) is 11.2. The van der Waals surface area contributed by atoms with Crippen molar-refractivity contribution in [1.29, 1.82) is 0 Å². The van der Waals surface area contributed by atoms with Gasteiger partial charge in [0, 0.05) is 14.0 Å². The summed E-state index contributed by atoms with van der Waals surface area (Å²) in [7, 11) is 1.40. The van der Waals surface area contributed by atoms with E-state index in [1.54, 1.807) is 158 Å². The lowest BCUT2D eigenvalue weighted by molar-refractivity contribution is -0.348. The molecule has 2 aliphatic heterocycles. The fraction of sp³-hybridized carbons (Fsp3) is 0.351. The van der Waals surface area contributed by atoms with Crippen molar-refractivity contribution in [3.8, 4) is 0 Å². The lowest BCUT2D eigenvalue weighted by atomic mass is 9.97. The SMILES string of the molecule is [2H]C(OC[C@H]1OC(OC[C@H]2OC(OC)[C@H](OC([2H])c3ccccc3)[C@@H](OC([2H])c3ccccc3)[C@@H]2OC([2H])c2ccccc2)[C@H](OC([2H])c2ccccc2)[C@@H](OC([2H])c2ccccc2)[C@H]1OC(C)=O)c1ccccc1. The van der Waals surface area contributed by atoms with Crippen molar-refractivity contribution >= 4 is 5.97 Å². The van der Waals surface area contributed by atoms with Crippen LogP contribution in [-0.4, -0.2) is 87.7 Å². The van der Waals surface area contributed by atoms with Crippen molar-refractivity contribution in [2.24, 2.45) is 0 Å². The monoisotopic (exact) mass is 944 g/mol. The van der Waals surface area contributed by atoms with Gasteiger partial charge in [0.05, 0.1) is 60.9 Å². The van der Waals surface area contributed by atoms with Crippen LogP contribution in [0.4, 0.5) is 0 Å². The van der Waals surface area contributed by atoms with Gasteiger partial charge in [-0.2, -0.15) is 0 Å². The summed E-state index contributed by atoms with van der Waals surface area (Å²) in [6.07, 6.45) is -13.1. The molecule has 6 aromatic carbocycles. The van der Waals surface area contributed by atoms with Crippen molar-refractivity contribution in [3.63, 3.8) is 0 Å². The average Bonchev–Trinajstić information content (AvgIpc) is 3.45. The highest BCUT2D eigenvalue weighted by atomic mass is 16.8. The fourth-order valence-electron chi connectivity index (χ4n) is 7.85. The van der Waals surface area contributed by atoms with Gasteiger partial charge >= 0.3 is 5.97 Å². The molecular weight excluding hydrogens is 877 g/mol. The van der Waals surface area contributed by atoms with Gasteiger partial charge in [-0.1, -0.05) is 182 Å². The summed E-state index contributed by atoms with van der Waals surface area (Å²) < 4.78 is 126. The molecule has 0 spiro atoms. The molecule has 2 fully saturated rings. The lowest BCUT2D eigenvalue weighted by Gasteiger charge is -2.47. The molecule has 2 heterocycles. The number of carbonyl (C=O) groups is 1.